The summed E-state index contributed by atoms with van der Waals surface area (Å²) in [7, 11) is -2.15. The Kier molecular flexibility index (Phi) is 11.3. The van der Waals surface area contributed by atoms with Crippen molar-refractivity contribution in [1.29, 1.82) is 0 Å². The van der Waals surface area contributed by atoms with Gasteiger partial charge in [-0.1, -0.05) is 48.4 Å². The predicted molar refractivity (Wildman–Crippen MR) is 149 cm³/mol. The van der Waals surface area contributed by atoms with Gasteiger partial charge in [-0.05, 0) is 57.4 Å². The van der Waals surface area contributed by atoms with E-state index in [0.717, 1.165) is 17.4 Å². The molecule has 2 aromatic carbocycles. The fourth-order valence-corrected chi connectivity index (χ4v) is 5.33. The largest absolute Gasteiger partial charge is 0.495 e. The predicted octanol–water partition coefficient (Wildman–Crippen LogP) is 4.54. The molecule has 0 aliphatic rings. The third-order valence-corrected chi connectivity index (χ3v) is 7.32. The van der Waals surface area contributed by atoms with E-state index in [1.54, 1.807) is 17.0 Å². The van der Waals surface area contributed by atoms with Gasteiger partial charge in [0.25, 0.3) is 0 Å². The van der Waals surface area contributed by atoms with Gasteiger partial charge in [-0.3, -0.25) is 13.9 Å². The molecule has 0 radical (unpaired) electrons. The van der Waals surface area contributed by atoms with Crippen LogP contribution < -0.4 is 14.4 Å². The molecule has 0 heterocycles. The number of amides is 2. The average molecular weight is 552 g/mol. The number of halogens is 1. The number of methoxy groups -OCH3 is 1. The summed E-state index contributed by atoms with van der Waals surface area (Å²) < 4.78 is 31.4. The normalized spacial score (nSPS) is 12.2. The van der Waals surface area contributed by atoms with Crippen molar-refractivity contribution in [3.05, 3.63) is 58.6 Å². The van der Waals surface area contributed by atoms with Crippen LogP contribution in [0.25, 0.3) is 0 Å². The van der Waals surface area contributed by atoms with Crippen molar-refractivity contribution in [2.24, 2.45) is 0 Å². The van der Waals surface area contributed by atoms with E-state index in [4.69, 9.17) is 16.3 Å². The quantitative estimate of drug-likeness (QED) is 0.394. The van der Waals surface area contributed by atoms with Crippen LogP contribution in [0, 0.1) is 6.92 Å². The SMILES string of the molecule is CC[C@@H](C(=O)NC(C)C)N(Cc1cccc(C)c1)C(=O)CCCN(c1ccc(OC)c(Cl)c1)S(C)(=O)=O. The van der Waals surface area contributed by atoms with Crippen molar-refractivity contribution in [3.8, 4) is 5.75 Å². The number of hydrogen-bond donors (Lipinski definition) is 1. The minimum atomic E-state index is -3.63. The molecule has 10 heteroatoms. The van der Waals surface area contributed by atoms with Crippen LogP contribution in [0.2, 0.25) is 5.02 Å². The van der Waals surface area contributed by atoms with Crippen LogP contribution in [0.15, 0.2) is 42.5 Å². The molecule has 204 valence electrons. The first kappa shape index (κ1) is 30.4. The number of nitrogens with one attached hydrogen (secondary N) is 1. The molecule has 37 heavy (non-hydrogen) atoms. The Bertz CT molecular complexity index is 1190. The number of hydrogen-bond acceptors (Lipinski definition) is 5. The van der Waals surface area contributed by atoms with Crippen LogP contribution in [0.1, 0.15) is 51.2 Å². The molecule has 0 fully saturated rings. The fraction of sp³-hybridized carbons (Fsp3) is 0.481. The number of rotatable bonds is 13. The molecule has 0 saturated heterocycles. The molecule has 2 aromatic rings. The van der Waals surface area contributed by atoms with Crippen molar-refractivity contribution >= 4 is 39.1 Å². The highest BCUT2D eigenvalue weighted by Gasteiger charge is 2.29. The number of carbonyl (C=O) groups is 2. The highest BCUT2D eigenvalue weighted by Crippen LogP contribution is 2.30. The smallest absolute Gasteiger partial charge is 0.243 e. The summed E-state index contributed by atoms with van der Waals surface area (Å²) in [5.74, 6) is 0.0173. The number of ether oxygens (including phenoxy) is 1. The van der Waals surface area contributed by atoms with E-state index in [2.05, 4.69) is 5.32 Å². The zero-order chi connectivity index (χ0) is 27.8. The fourth-order valence-electron chi connectivity index (χ4n) is 4.12. The van der Waals surface area contributed by atoms with Crippen molar-refractivity contribution in [2.45, 2.75) is 65.6 Å². The van der Waals surface area contributed by atoms with Crippen molar-refractivity contribution in [1.82, 2.24) is 10.2 Å². The first-order valence-electron chi connectivity index (χ1n) is 12.3. The summed E-state index contributed by atoms with van der Waals surface area (Å²) in [6.45, 7) is 7.98. The van der Waals surface area contributed by atoms with Gasteiger partial charge in [-0.15, -0.1) is 0 Å². The molecule has 2 rings (SSSR count). The van der Waals surface area contributed by atoms with Crippen LogP contribution >= 0.6 is 11.6 Å². The summed E-state index contributed by atoms with van der Waals surface area (Å²) in [5, 5.41) is 3.20. The van der Waals surface area contributed by atoms with E-state index >= 15 is 0 Å². The van der Waals surface area contributed by atoms with Crippen molar-refractivity contribution < 1.29 is 22.7 Å². The molecule has 0 aromatic heterocycles. The Morgan fingerprint density at radius 1 is 1.14 bits per heavy atom. The van der Waals surface area contributed by atoms with Crippen LogP contribution in [0.4, 0.5) is 5.69 Å². The van der Waals surface area contributed by atoms with E-state index in [1.807, 2.05) is 52.0 Å². The van der Waals surface area contributed by atoms with Gasteiger partial charge < -0.3 is 15.0 Å². The minimum Gasteiger partial charge on any atom is -0.495 e. The van der Waals surface area contributed by atoms with Gasteiger partial charge in [0, 0.05) is 25.6 Å². The van der Waals surface area contributed by atoms with E-state index in [-0.39, 0.29) is 48.8 Å². The Morgan fingerprint density at radius 2 is 1.84 bits per heavy atom. The van der Waals surface area contributed by atoms with Gasteiger partial charge in [0.2, 0.25) is 21.8 Å². The molecule has 0 unspecified atom stereocenters. The molecular weight excluding hydrogens is 514 g/mol. The lowest BCUT2D eigenvalue weighted by Gasteiger charge is -2.31. The number of nitrogens with zero attached hydrogens (tertiary/aromatic N) is 2. The van der Waals surface area contributed by atoms with Gasteiger partial charge in [0.15, 0.2) is 0 Å². The van der Waals surface area contributed by atoms with E-state index in [1.165, 1.54) is 17.5 Å². The lowest BCUT2D eigenvalue weighted by atomic mass is 10.1. The summed E-state index contributed by atoms with van der Waals surface area (Å²) >= 11 is 6.21. The van der Waals surface area contributed by atoms with Gasteiger partial charge in [0.05, 0.1) is 24.1 Å². The molecule has 1 N–H and O–H groups in total. The second kappa shape index (κ2) is 13.7. The van der Waals surface area contributed by atoms with Crippen LogP contribution in [0.3, 0.4) is 0 Å². The maximum absolute atomic E-state index is 13.5. The molecule has 0 aliphatic carbocycles. The Labute approximate surface area is 226 Å². The molecule has 0 saturated carbocycles. The lowest BCUT2D eigenvalue weighted by molar-refractivity contribution is -0.141. The number of benzene rings is 2. The van der Waals surface area contributed by atoms with E-state index in [9.17, 15) is 18.0 Å². The summed E-state index contributed by atoms with van der Waals surface area (Å²) in [6.07, 6.45) is 1.91. The Balaban J connectivity index is 2.24. The molecule has 0 aliphatic heterocycles. The second-order valence-corrected chi connectivity index (χ2v) is 11.7. The van der Waals surface area contributed by atoms with Crippen molar-refractivity contribution in [2.75, 3.05) is 24.2 Å². The molecule has 8 nitrogen and oxygen atoms in total. The maximum Gasteiger partial charge on any atom is 0.243 e. The molecule has 1 atom stereocenters. The molecule has 2 amide bonds. The maximum atomic E-state index is 13.5. The summed E-state index contributed by atoms with van der Waals surface area (Å²) in [4.78, 5) is 28.0. The number of aryl methyl sites for hydroxylation is 1. The first-order chi connectivity index (χ1) is 17.4. The molecule has 0 spiro atoms. The van der Waals surface area contributed by atoms with Crippen LogP contribution in [-0.4, -0.2) is 57.1 Å². The third-order valence-electron chi connectivity index (χ3n) is 5.83. The van der Waals surface area contributed by atoms with Gasteiger partial charge in [0.1, 0.15) is 11.8 Å². The number of carbonyl (C=O) groups excluding carboxylic acids is 2. The standard InChI is InChI=1S/C27H38ClN3O5S/c1-7-24(27(33)29-19(2)3)30(18-21-11-8-10-20(4)16-21)26(32)12-9-15-31(37(6,34)35)22-13-14-25(36-5)23(28)17-22/h8,10-11,13-14,16-17,19,24H,7,9,12,15,18H2,1-6H3,(H,29,33)/t24-/m0/s1. The van der Waals surface area contributed by atoms with E-state index in [0.29, 0.717) is 17.9 Å². The van der Waals surface area contributed by atoms with Crippen LogP contribution in [-0.2, 0) is 26.2 Å². The highest BCUT2D eigenvalue weighted by molar-refractivity contribution is 7.92. The van der Waals surface area contributed by atoms with Gasteiger partial charge in [-0.25, -0.2) is 8.42 Å². The monoisotopic (exact) mass is 551 g/mol. The van der Waals surface area contributed by atoms with Crippen molar-refractivity contribution in [3.63, 3.8) is 0 Å². The van der Waals surface area contributed by atoms with Crippen LogP contribution in [0.5, 0.6) is 5.75 Å². The average Bonchev–Trinajstić information content (AvgIpc) is 2.80. The summed E-state index contributed by atoms with van der Waals surface area (Å²) in [6, 6.07) is 11.9. The third kappa shape index (κ3) is 8.93. The summed E-state index contributed by atoms with van der Waals surface area (Å²) in [5.41, 5.74) is 2.38. The zero-order valence-corrected chi connectivity index (χ0v) is 24.0. The van der Waals surface area contributed by atoms with Gasteiger partial charge in [-0.2, -0.15) is 0 Å². The number of anilines is 1. The minimum absolute atomic E-state index is 0.0582. The molecule has 0 bridgehead atoms. The van der Waals surface area contributed by atoms with E-state index < -0.39 is 16.1 Å². The second-order valence-electron chi connectivity index (χ2n) is 9.36. The Hall–Kier alpha value is -2.78. The lowest BCUT2D eigenvalue weighted by Crippen LogP contribution is -2.50. The Morgan fingerprint density at radius 3 is 2.38 bits per heavy atom. The molecular formula is C27H38ClN3O5S. The number of sulfonamides is 1. The first-order valence-corrected chi connectivity index (χ1v) is 14.6. The highest BCUT2D eigenvalue weighted by atomic mass is 35.5. The van der Waals surface area contributed by atoms with Gasteiger partial charge >= 0.3 is 0 Å². The topological polar surface area (TPSA) is 96.0 Å². The zero-order valence-electron chi connectivity index (χ0n) is 22.5.